The Morgan fingerprint density at radius 3 is 1.63 bits per heavy atom. The molecular formula is C17H31NO7S2. The fraction of sp³-hybridized carbons (Fsp3) is 0.706. The fourth-order valence-corrected chi connectivity index (χ4v) is 3.51. The topological polar surface area (TPSA) is 124 Å². The quantitative estimate of drug-likeness (QED) is 0.255. The predicted molar refractivity (Wildman–Crippen MR) is 100 cm³/mol. The van der Waals surface area contributed by atoms with Crippen molar-refractivity contribution in [2.45, 2.75) is 71.1 Å². The summed E-state index contributed by atoms with van der Waals surface area (Å²) in [6, 6.07) is 5.86. The van der Waals surface area contributed by atoms with E-state index in [0.717, 1.165) is 19.3 Å². The van der Waals surface area contributed by atoms with Crippen LogP contribution in [0.25, 0.3) is 0 Å². The van der Waals surface area contributed by atoms with Crippen LogP contribution < -0.4 is 4.98 Å². The summed E-state index contributed by atoms with van der Waals surface area (Å²) in [5.74, 6) is 0. The molecule has 1 rings (SSSR count). The molecule has 8 nitrogen and oxygen atoms in total. The van der Waals surface area contributed by atoms with Crippen LogP contribution in [-0.2, 0) is 28.6 Å². The van der Waals surface area contributed by atoms with Crippen LogP contribution in [0.5, 0.6) is 0 Å². The summed E-state index contributed by atoms with van der Waals surface area (Å²) in [5.41, 5.74) is 0. The van der Waals surface area contributed by atoms with E-state index in [1.54, 1.807) is 0 Å². The Morgan fingerprint density at radius 1 is 0.778 bits per heavy atom. The number of hydrogen-bond acceptors (Lipinski definition) is 7. The van der Waals surface area contributed by atoms with Gasteiger partial charge in [0.15, 0.2) is 12.4 Å². The maximum absolute atomic E-state index is 10.9. The lowest BCUT2D eigenvalue weighted by atomic mass is 10.1. The molecule has 1 heterocycles. The molecule has 0 amide bonds. The molecule has 0 spiro atoms. The van der Waals surface area contributed by atoms with Gasteiger partial charge >= 0.3 is 10.4 Å². The highest BCUT2D eigenvalue weighted by atomic mass is 32.3. The first-order chi connectivity index (χ1) is 12.8. The van der Waals surface area contributed by atoms with E-state index >= 15 is 0 Å². The van der Waals surface area contributed by atoms with Gasteiger partial charge in [0.2, 0.25) is 10.4 Å². The SMILES string of the molecule is CCCCCCCCCCCCOS(=O)(=O)OS(=O)(=O)[O-].c1cc[nH+]cc1. The van der Waals surface area contributed by atoms with Crippen LogP contribution in [0.1, 0.15) is 71.1 Å². The highest BCUT2D eigenvalue weighted by Crippen LogP contribution is 2.11. The maximum Gasteiger partial charge on any atom is 0.413 e. The van der Waals surface area contributed by atoms with Gasteiger partial charge in [0.25, 0.3) is 0 Å². The summed E-state index contributed by atoms with van der Waals surface area (Å²) in [6.07, 6.45) is 14.5. The second-order valence-corrected chi connectivity index (χ2v) is 8.38. The predicted octanol–water partition coefficient (Wildman–Crippen LogP) is 3.15. The highest BCUT2D eigenvalue weighted by molar-refractivity contribution is 7.94. The molecule has 0 aliphatic carbocycles. The molecule has 0 unspecified atom stereocenters. The van der Waals surface area contributed by atoms with E-state index in [0.29, 0.717) is 6.42 Å². The molecule has 0 saturated carbocycles. The molecule has 0 fully saturated rings. The first-order valence-electron chi connectivity index (χ1n) is 9.24. The summed E-state index contributed by atoms with van der Waals surface area (Å²) < 4.78 is 59.6. The number of aromatic nitrogens is 1. The van der Waals surface area contributed by atoms with Crippen LogP contribution in [0.15, 0.2) is 30.6 Å². The van der Waals surface area contributed by atoms with E-state index in [1.165, 1.54) is 38.5 Å². The Bertz CT molecular complexity index is 622. The lowest BCUT2D eigenvalue weighted by Gasteiger charge is -2.07. The van der Waals surface area contributed by atoms with E-state index in [2.05, 4.69) is 19.7 Å². The van der Waals surface area contributed by atoms with Crippen molar-refractivity contribution in [1.29, 1.82) is 0 Å². The van der Waals surface area contributed by atoms with Gasteiger partial charge in [-0.1, -0.05) is 70.8 Å². The number of H-pyrrole nitrogens is 1. The minimum absolute atomic E-state index is 0.186. The third-order valence-electron chi connectivity index (χ3n) is 3.50. The van der Waals surface area contributed by atoms with Gasteiger partial charge in [0.05, 0.1) is 6.61 Å². The molecule has 0 bridgehead atoms. The van der Waals surface area contributed by atoms with Crippen LogP contribution in [0.2, 0.25) is 0 Å². The summed E-state index contributed by atoms with van der Waals surface area (Å²) >= 11 is 0. The van der Waals surface area contributed by atoms with Gasteiger partial charge in [0, 0.05) is 12.1 Å². The molecule has 0 atom stereocenters. The van der Waals surface area contributed by atoms with Crippen LogP contribution in [-0.4, -0.2) is 28.0 Å². The number of hydrogen-bond donors (Lipinski definition) is 0. The second kappa shape index (κ2) is 15.9. The third-order valence-corrected chi connectivity index (χ3v) is 5.29. The Labute approximate surface area is 163 Å². The lowest BCUT2D eigenvalue weighted by molar-refractivity contribution is -0.377. The molecule has 27 heavy (non-hydrogen) atoms. The number of nitrogens with one attached hydrogen (secondary N) is 1. The molecular weight excluding hydrogens is 394 g/mol. The Kier molecular flexibility index (Phi) is 15.3. The van der Waals surface area contributed by atoms with Gasteiger partial charge in [-0.25, -0.2) is 17.6 Å². The molecule has 1 aromatic rings. The van der Waals surface area contributed by atoms with E-state index in [4.69, 9.17) is 0 Å². The lowest BCUT2D eigenvalue weighted by Crippen LogP contribution is -2.16. The van der Waals surface area contributed by atoms with Crippen LogP contribution in [0.3, 0.4) is 0 Å². The van der Waals surface area contributed by atoms with Crippen molar-refractivity contribution < 1.29 is 34.2 Å². The van der Waals surface area contributed by atoms with Crippen molar-refractivity contribution in [3.05, 3.63) is 30.6 Å². The molecule has 0 aromatic carbocycles. The zero-order valence-corrected chi connectivity index (χ0v) is 17.5. The van der Waals surface area contributed by atoms with Crippen LogP contribution in [0.4, 0.5) is 0 Å². The zero-order chi connectivity index (χ0) is 20.4. The Hall–Kier alpha value is -1.07. The van der Waals surface area contributed by atoms with Crippen LogP contribution >= 0.6 is 0 Å². The van der Waals surface area contributed by atoms with Crippen LogP contribution in [0, 0.1) is 0 Å². The normalized spacial score (nSPS) is 11.6. The van der Waals surface area contributed by atoms with Crippen molar-refractivity contribution in [1.82, 2.24) is 0 Å². The monoisotopic (exact) mass is 425 g/mol. The third kappa shape index (κ3) is 21.1. The number of rotatable bonds is 14. The van der Waals surface area contributed by atoms with E-state index in [1.807, 2.05) is 30.6 Å². The van der Waals surface area contributed by atoms with Gasteiger partial charge in [-0.2, -0.15) is 8.42 Å². The van der Waals surface area contributed by atoms with Crippen molar-refractivity contribution in [2.75, 3.05) is 6.61 Å². The molecule has 1 aromatic heterocycles. The highest BCUT2D eigenvalue weighted by Gasteiger charge is 2.15. The van der Waals surface area contributed by atoms with Gasteiger partial charge in [0.1, 0.15) is 0 Å². The number of pyridine rings is 1. The molecule has 0 radical (unpaired) electrons. The first-order valence-corrected chi connectivity index (χ1v) is 11.9. The van der Waals surface area contributed by atoms with Gasteiger partial charge in [-0.15, -0.1) is 3.63 Å². The summed E-state index contributed by atoms with van der Waals surface area (Å²) in [7, 11) is -10.1. The van der Waals surface area contributed by atoms with E-state index in [-0.39, 0.29) is 6.61 Å². The smallest absolute Gasteiger partial charge is 0.413 e. The Morgan fingerprint density at radius 2 is 1.26 bits per heavy atom. The van der Waals surface area contributed by atoms with E-state index < -0.39 is 20.8 Å². The van der Waals surface area contributed by atoms with Gasteiger partial charge < -0.3 is 4.55 Å². The van der Waals surface area contributed by atoms with E-state index in [9.17, 15) is 21.4 Å². The molecule has 158 valence electrons. The van der Waals surface area contributed by atoms with Crippen molar-refractivity contribution in [3.63, 3.8) is 0 Å². The minimum atomic E-state index is -5.31. The zero-order valence-electron chi connectivity index (χ0n) is 15.8. The molecule has 0 aliphatic heterocycles. The fourth-order valence-electron chi connectivity index (χ4n) is 2.21. The summed E-state index contributed by atoms with van der Waals surface area (Å²) in [4.78, 5) is 2.89. The first kappa shape index (κ1) is 25.9. The van der Waals surface area contributed by atoms with Crippen molar-refractivity contribution in [2.24, 2.45) is 0 Å². The number of unbranched alkanes of at least 4 members (excludes halogenated alkanes) is 9. The standard InChI is InChI=1S/C12H26O7S2.C5H5N/c1-2-3-4-5-6-7-8-9-10-11-12-18-21(16,17)19-20(13,14)15;1-2-4-6-5-3-1/h2-12H2,1H3,(H,13,14,15);1-5H. The largest absolute Gasteiger partial charge is 0.725 e. The van der Waals surface area contributed by atoms with Gasteiger partial charge in [-0.3, -0.25) is 0 Å². The average molecular weight is 426 g/mol. The summed E-state index contributed by atoms with van der Waals surface area (Å²) in [5, 5.41) is 0. The van der Waals surface area contributed by atoms with Crippen molar-refractivity contribution in [3.8, 4) is 0 Å². The van der Waals surface area contributed by atoms with Gasteiger partial charge in [-0.05, 0) is 6.42 Å². The minimum Gasteiger partial charge on any atom is -0.725 e. The maximum atomic E-state index is 10.9. The molecule has 1 N–H and O–H groups in total. The Balaban J connectivity index is 0.000000941. The molecule has 0 saturated heterocycles. The second-order valence-electron chi connectivity index (χ2n) is 5.97. The average Bonchev–Trinajstić information content (AvgIpc) is 2.59. The molecule has 10 heteroatoms. The molecule has 0 aliphatic rings. The number of aromatic amines is 1. The summed E-state index contributed by atoms with van der Waals surface area (Å²) in [6.45, 7) is 1.99. The van der Waals surface area contributed by atoms with Crippen molar-refractivity contribution >= 4 is 20.8 Å².